The average molecular weight is 362 g/mol. The summed E-state index contributed by atoms with van der Waals surface area (Å²) in [5.74, 6) is 1.46. The Labute approximate surface area is 159 Å². The van der Waals surface area contributed by atoms with Crippen molar-refractivity contribution in [3.05, 3.63) is 85.5 Å². The summed E-state index contributed by atoms with van der Waals surface area (Å²) in [6.45, 7) is 0. The highest BCUT2D eigenvalue weighted by Gasteiger charge is 2.17. The van der Waals surface area contributed by atoms with Gasteiger partial charge in [0.15, 0.2) is 5.82 Å². The van der Waals surface area contributed by atoms with Crippen LogP contribution < -0.4 is 0 Å². The Kier molecular flexibility index (Phi) is 3.10. The van der Waals surface area contributed by atoms with Crippen LogP contribution in [0, 0.1) is 0 Å². The Hall–Kier alpha value is -3.99. The van der Waals surface area contributed by atoms with Gasteiger partial charge in [-0.25, -0.2) is 9.97 Å². The zero-order chi connectivity index (χ0) is 18.5. The maximum Gasteiger partial charge on any atom is 0.163 e. The van der Waals surface area contributed by atoms with Crippen LogP contribution in [0.25, 0.3) is 50.0 Å². The molecule has 0 spiro atoms. The molecule has 0 N–H and O–H groups in total. The van der Waals surface area contributed by atoms with Crippen molar-refractivity contribution < 1.29 is 4.42 Å². The van der Waals surface area contributed by atoms with Crippen LogP contribution in [-0.2, 0) is 0 Å². The molecule has 2 aromatic carbocycles. The van der Waals surface area contributed by atoms with Gasteiger partial charge in [0, 0.05) is 40.3 Å². The second-order valence-corrected chi connectivity index (χ2v) is 6.63. The normalized spacial score (nSPS) is 11.6. The standard InChI is InChI=1S/C23H14N4O/c1-2-6-19-16(5-1)17-7-8-20-18(10-13-28-20)22(17)27(19)21-9-12-25-23(26-21)15-4-3-11-24-14-15/h1-14H. The van der Waals surface area contributed by atoms with Gasteiger partial charge in [-0.3, -0.25) is 9.55 Å². The first-order valence-corrected chi connectivity index (χ1v) is 9.03. The summed E-state index contributed by atoms with van der Waals surface area (Å²) >= 11 is 0. The average Bonchev–Trinajstić information content (AvgIpc) is 3.37. The van der Waals surface area contributed by atoms with Crippen molar-refractivity contribution in [2.24, 2.45) is 0 Å². The molecule has 6 aromatic rings. The molecule has 0 atom stereocenters. The third-order valence-corrected chi connectivity index (χ3v) is 5.06. The quantitative estimate of drug-likeness (QED) is 0.415. The van der Waals surface area contributed by atoms with E-state index in [-0.39, 0.29) is 0 Å². The summed E-state index contributed by atoms with van der Waals surface area (Å²) in [6, 6.07) is 20.3. The minimum atomic E-state index is 0.649. The monoisotopic (exact) mass is 362 g/mol. The number of aromatic nitrogens is 4. The highest BCUT2D eigenvalue weighted by molar-refractivity contribution is 6.17. The third-order valence-electron chi connectivity index (χ3n) is 5.06. The largest absolute Gasteiger partial charge is 0.464 e. The fraction of sp³-hybridized carbons (Fsp3) is 0. The van der Waals surface area contributed by atoms with Gasteiger partial charge in [0.1, 0.15) is 11.4 Å². The van der Waals surface area contributed by atoms with Crippen LogP contribution in [0.4, 0.5) is 0 Å². The first-order valence-electron chi connectivity index (χ1n) is 9.03. The van der Waals surface area contributed by atoms with Crippen molar-refractivity contribution in [3.63, 3.8) is 0 Å². The van der Waals surface area contributed by atoms with Crippen LogP contribution in [0.2, 0.25) is 0 Å². The predicted molar refractivity (Wildman–Crippen MR) is 109 cm³/mol. The second-order valence-electron chi connectivity index (χ2n) is 6.63. The summed E-state index contributed by atoms with van der Waals surface area (Å²) in [6.07, 6.45) is 7.04. The van der Waals surface area contributed by atoms with E-state index in [0.29, 0.717) is 5.82 Å². The lowest BCUT2D eigenvalue weighted by molar-refractivity contribution is 0.616. The Bertz CT molecular complexity index is 1460. The van der Waals surface area contributed by atoms with Crippen LogP contribution in [0.15, 0.2) is 89.9 Å². The highest BCUT2D eigenvalue weighted by Crippen LogP contribution is 2.36. The molecule has 0 saturated heterocycles. The van der Waals surface area contributed by atoms with Gasteiger partial charge >= 0.3 is 0 Å². The first kappa shape index (κ1) is 15.1. The minimum Gasteiger partial charge on any atom is -0.464 e. The fourth-order valence-electron chi connectivity index (χ4n) is 3.85. The number of furan rings is 1. The zero-order valence-corrected chi connectivity index (χ0v) is 14.8. The van der Waals surface area contributed by atoms with Crippen molar-refractivity contribution >= 4 is 32.8 Å². The number of pyridine rings is 1. The predicted octanol–water partition coefficient (Wildman–Crippen LogP) is 5.38. The van der Waals surface area contributed by atoms with Gasteiger partial charge in [0.05, 0.1) is 17.3 Å². The number of fused-ring (bicyclic) bond motifs is 5. The van der Waals surface area contributed by atoms with Crippen molar-refractivity contribution in [1.82, 2.24) is 19.5 Å². The molecule has 0 amide bonds. The molecule has 4 aromatic heterocycles. The Morgan fingerprint density at radius 1 is 0.786 bits per heavy atom. The molecule has 132 valence electrons. The van der Waals surface area contributed by atoms with Crippen molar-refractivity contribution in [3.8, 4) is 17.2 Å². The Morgan fingerprint density at radius 3 is 2.68 bits per heavy atom. The van der Waals surface area contributed by atoms with Crippen molar-refractivity contribution in [2.75, 3.05) is 0 Å². The highest BCUT2D eigenvalue weighted by atomic mass is 16.3. The van der Waals surface area contributed by atoms with E-state index in [0.717, 1.165) is 33.4 Å². The SMILES string of the molecule is c1cncc(-c2nccc(-n3c4ccccc4c4ccc5occc5c43)n2)c1. The number of benzene rings is 2. The molecule has 0 radical (unpaired) electrons. The van der Waals surface area contributed by atoms with E-state index in [9.17, 15) is 0 Å². The van der Waals surface area contributed by atoms with Crippen LogP contribution in [0.1, 0.15) is 0 Å². The lowest BCUT2D eigenvalue weighted by atomic mass is 10.1. The molecular weight excluding hydrogens is 348 g/mol. The summed E-state index contributed by atoms with van der Waals surface area (Å²) in [4.78, 5) is 13.5. The number of hydrogen-bond acceptors (Lipinski definition) is 4. The van der Waals surface area contributed by atoms with E-state index in [1.54, 1.807) is 24.9 Å². The molecule has 0 fully saturated rings. The summed E-state index contributed by atoms with van der Waals surface area (Å²) < 4.78 is 7.84. The van der Waals surface area contributed by atoms with E-state index in [1.807, 2.05) is 36.4 Å². The third kappa shape index (κ3) is 2.10. The lowest BCUT2D eigenvalue weighted by Gasteiger charge is -2.09. The molecule has 0 unspecified atom stereocenters. The topological polar surface area (TPSA) is 56.7 Å². The molecule has 28 heavy (non-hydrogen) atoms. The number of para-hydroxylation sites is 1. The van der Waals surface area contributed by atoms with Crippen molar-refractivity contribution in [1.29, 1.82) is 0 Å². The molecule has 5 nitrogen and oxygen atoms in total. The van der Waals surface area contributed by atoms with E-state index in [4.69, 9.17) is 9.40 Å². The number of hydrogen-bond donors (Lipinski definition) is 0. The Morgan fingerprint density at radius 2 is 1.75 bits per heavy atom. The molecule has 0 bridgehead atoms. The summed E-state index contributed by atoms with van der Waals surface area (Å²) in [5.41, 5.74) is 3.93. The van der Waals surface area contributed by atoms with Crippen LogP contribution in [0.3, 0.4) is 0 Å². The van der Waals surface area contributed by atoms with Gasteiger partial charge in [0.25, 0.3) is 0 Å². The van der Waals surface area contributed by atoms with Crippen molar-refractivity contribution in [2.45, 2.75) is 0 Å². The molecule has 5 heteroatoms. The minimum absolute atomic E-state index is 0.649. The Balaban J connectivity index is 1.73. The lowest BCUT2D eigenvalue weighted by Crippen LogP contribution is -2.00. The van der Waals surface area contributed by atoms with E-state index in [2.05, 4.69) is 38.8 Å². The van der Waals surface area contributed by atoms with E-state index >= 15 is 0 Å². The van der Waals surface area contributed by atoms with Gasteiger partial charge in [0.2, 0.25) is 0 Å². The number of rotatable bonds is 2. The smallest absolute Gasteiger partial charge is 0.163 e. The van der Waals surface area contributed by atoms with E-state index < -0.39 is 0 Å². The van der Waals surface area contributed by atoms with E-state index in [1.165, 1.54) is 10.8 Å². The van der Waals surface area contributed by atoms with Crippen LogP contribution in [0.5, 0.6) is 0 Å². The van der Waals surface area contributed by atoms with Crippen LogP contribution in [-0.4, -0.2) is 19.5 Å². The van der Waals surface area contributed by atoms with Gasteiger partial charge < -0.3 is 4.42 Å². The first-order chi connectivity index (χ1) is 13.9. The van der Waals surface area contributed by atoms with Gasteiger partial charge in [-0.05, 0) is 42.5 Å². The molecular formula is C23H14N4O. The zero-order valence-electron chi connectivity index (χ0n) is 14.8. The van der Waals surface area contributed by atoms with Gasteiger partial charge in [-0.15, -0.1) is 0 Å². The molecule has 0 aliphatic heterocycles. The maximum absolute atomic E-state index is 5.65. The summed E-state index contributed by atoms with van der Waals surface area (Å²) in [7, 11) is 0. The van der Waals surface area contributed by atoms with Crippen LogP contribution >= 0.6 is 0 Å². The second kappa shape index (κ2) is 5.76. The van der Waals surface area contributed by atoms with Gasteiger partial charge in [-0.1, -0.05) is 18.2 Å². The summed E-state index contributed by atoms with van der Waals surface area (Å²) in [5, 5.41) is 3.42. The number of nitrogens with zero attached hydrogens (tertiary/aromatic N) is 4. The molecule has 0 aliphatic carbocycles. The fourth-order valence-corrected chi connectivity index (χ4v) is 3.85. The molecule has 0 aliphatic rings. The molecule has 4 heterocycles. The maximum atomic E-state index is 5.65. The molecule has 6 rings (SSSR count). The molecule has 0 saturated carbocycles. The van der Waals surface area contributed by atoms with Gasteiger partial charge in [-0.2, -0.15) is 0 Å².